The van der Waals surface area contributed by atoms with Crippen molar-refractivity contribution in [1.29, 1.82) is 0 Å². The molecule has 1 aliphatic heterocycles. The molecule has 5 nitrogen and oxygen atoms in total. The highest BCUT2D eigenvalue weighted by atomic mass is 16.2. The summed E-state index contributed by atoms with van der Waals surface area (Å²) in [6.07, 6.45) is 1.02. The Labute approximate surface area is 94.2 Å². The molecule has 2 atom stereocenters. The largest absolute Gasteiger partial charge is 0.330 e. The predicted molar refractivity (Wildman–Crippen MR) is 56.3 cm³/mol. The van der Waals surface area contributed by atoms with Crippen molar-refractivity contribution in [3.05, 3.63) is 0 Å². The summed E-state index contributed by atoms with van der Waals surface area (Å²) in [6, 6.07) is -0.573. The van der Waals surface area contributed by atoms with Gasteiger partial charge < -0.3 is 0 Å². The van der Waals surface area contributed by atoms with E-state index < -0.39 is 17.9 Å². The first kappa shape index (κ1) is 11.1. The number of nitrogens with one attached hydrogen (secondary N) is 1. The standard InChI is InChI=1S/C11H16N2O3/c1-6-8(14)12-10(16)13(9(6)15)5-7-4-11(7,2)3/h6-7H,4-5H2,1-3H3,(H,12,14,16). The molecule has 0 aromatic heterocycles. The number of urea groups is 1. The highest BCUT2D eigenvalue weighted by molar-refractivity contribution is 6.15. The van der Waals surface area contributed by atoms with Gasteiger partial charge in [0.2, 0.25) is 11.8 Å². The summed E-state index contributed by atoms with van der Waals surface area (Å²) in [5.74, 6) is -1.26. The normalized spacial score (nSPS) is 32.7. The van der Waals surface area contributed by atoms with Crippen LogP contribution in [0.3, 0.4) is 0 Å². The van der Waals surface area contributed by atoms with Crippen LogP contribution in [0, 0.1) is 17.3 Å². The number of rotatable bonds is 2. The third-order valence-electron chi connectivity index (χ3n) is 3.63. The number of imide groups is 2. The molecule has 0 aromatic carbocycles. The zero-order valence-corrected chi connectivity index (χ0v) is 9.74. The third kappa shape index (κ3) is 1.70. The van der Waals surface area contributed by atoms with Crippen LogP contribution in [0.25, 0.3) is 0 Å². The fraction of sp³-hybridized carbons (Fsp3) is 0.727. The van der Waals surface area contributed by atoms with Gasteiger partial charge in [-0.1, -0.05) is 13.8 Å². The number of nitrogens with zero attached hydrogens (tertiary/aromatic N) is 1. The van der Waals surface area contributed by atoms with E-state index in [1.165, 1.54) is 11.8 Å². The SMILES string of the molecule is CC1C(=O)NC(=O)N(CC2CC2(C)C)C1=O. The average Bonchev–Trinajstić information content (AvgIpc) is 2.78. The van der Waals surface area contributed by atoms with E-state index in [0.717, 1.165) is 6.42 Å². The molecule has 0 aromatic rings. The molecule has 1 saturated heterocycles. The van der Waals surface area contributed by atoms with E-state index >= 15 is 0 Å². The molecule has 2 rings (SSSR count). The van der Waals surface area contributed by atoms with Gasteiger partial charge in [0.25, 0.3) is 0 Å². The quantitative estimate of drug-likeness (QED) is 0.704. The summed E-state index contributed by atoms with van der Waals surface area (Å²) < 4.78 is 0. The fourth-order valence-corrected chi connectivity index (χ4v) is 2.01. The lowest BCUT2D eigenvalue weighted by Crippen LogP contribution is -2.57. The molecule has 2 unspecified atom stereocenters. The maximum atomic E-state index is 11.8. The summed E-state index contributed by atoms with van der Waals surface area (Å²) in [5.41, 5.74) is 0.214. The monoisotopic (exact) mass is 224 g/mol. The summed E-state index contributed by atoms with van der Waals surface area (Å²) >= 11 is 0. The van der Waals surface area contributed by atoms with E-state index in [1.54, 1.807) is 0 Å². The second kappa shape index (κ2) is 3.30. The Balaban J connectivity index is 2.06. The summed E-state index contributed by atoms with van der Waals surface area (Å²) in [7, 11) is 0. The number of barbiturate groups is 1. The number of carbonyl (C=O) groups is 3. The lowest BCUT2D eigenvalue weighted by Gasteiger charge is -2.28. The van der Waals surface area contributed by atoms with E-state index in [0.29, 0.717) is 12.5 Å². The Kier molecular flexibility index (Phi) is 2.29. The van der Waals surface area contributed by atoms with Gasteiger partial charge in [-0.15, -0.1) is 0 Å². The molecule has 5 heteroatoms. The van der Waals surface area contributed by atoms with Crippen molar-refractivity contribution in [3.63, 3.8) is 0 Å². The lowest BCUT2D eigenvalue weighted by atomic mass is 10.1. The van der Waals surface area contributed by atoms with Crippen LogP contribution in [-0.2, 0) is 9.59 Å². The smallest absolute Gasteiger partial charge is 0.277 e. The average molecular weight is 224 g/mol. The minimum absolute atomic E-state index is 0.214. The van der Waals surface area contributed by atoms with Gasteiger partial charge in [-0.2, -0.15) is 0 Å². The van der Waals surface area contributed by atoms with Gasteiger partial charge in [0.15, 0.2) is 0 Å². The zero-order valence-electron chi connectivity index (χ0n) is 9.74. The van der Waals surface area contributed by atoms with Gasteiger partial charge in [0, 0.05) is 6.54 Å². The fourth-order valence-electron chi connectivity index (χ4n) is 2.01. The molecule has 2 aliphatic rings. The van der Waals surface area contributed by atoms with Gasteiger partial charge in [-0.25, -0.2) is 4.79 Å². The number of hydrogen-bond acceptors (Lipinski definition) is 3. The maximum Gasteiger partial charge on any atom is 0.330 e. The van der Waals surface area contributed by atoms with E-state index in [4.69, 9.17) is 0 Å². The molecule has 0 radical (unpaired) electrons. The molecule has 0 spiro atoms. The molecule has 1 aliphatic carbocycles. The van der Waals surface area contributed by atoms with E-state index in [1.807, 2.05) is 0 Å². The summed E-state index contributed by atoms with van der Waals surface area (Å²) in [4.78, 5) is 35.7. The van der Waals surface area contributed by atoms with Gasteiger partial charge in [0.1, 0.15) is 5.92 Å². The summed E-state index contributed by atoms with van der Waals surface area (Å²) in [5, 5.41) is 2.20. The maximum absolute atomic E-state index is 11.8. The number of amides is 4. The molecular formula is C11H16N2O3. The van der Waals surface area contributed by atoms with Crippen LogP contribution in [0.2, 0.25) is 0 Å². The van der Waals surface area contributed by atoms with Crippen LogP contribution >= 0.6 is 0 Å². The molecule has 1 saturated carbocycles. The van der Waals surface area contributed by atoms with Crippen LogP contribution in [0.5, 0.6) is 0 Å². The van der Waals surface area contributed by atoms with Gasteiger partial charge >= 0.3 is 6.03 Å². The molecule has 4 amide bonds. The molecule has 1 heterocycles. The first-order chi connectivity index (χ1) is 7.33. The first-order valence-electron chi connectivity index (χ1n) is 5.49. The Morgan fingerprint density at radius 3 is 2.44 bits per heavy atom. The Morgan fingerprint density at radius 2 is 1.94 bits per heavy atom. The Morgan fingerprint density at radius 1 is 1.38 bits per heavy atom. The topological polar surface area (TPSA) is 66.5 Å². The van der Waals surface area contributed by atoms with Crippen molar-refractivity contribution < 1.29 is 14.4 Å². The van der Waals surface area contributed by atoms with Crippen LogP contribution in [-0.4, -0.2) is 29.3 Å². The first-order valence-corrected chi connectivity index (χ1v) is 5.49. The van der Waals surface area contributed by atoms with Gasteiger partial charge in [-0.3, -0.25) is 19.8 Å². The van der Waals surface area contributed by atoms with E-state index in [-0.39, 0.29) is 11.3 Å². The van der Waals surface area contributed by atoms with Crippen molar-refractivity contribution in [1.82, 2.24) is 10.2 Å². The van der Waals surface area contributed by atoms with Crippen molar-refractivity contribution >= 4 is 17.8 Å². The van der Waals surface area contributed by atoms with Crippen LogP contribution in [0.4, 0.5) is 4.79 Å². The number of carbonyl (C=O) groups excluding carboxylic acids is 3. The van der Waals surface area contributed by atoms with E-state index in [2.05, 4.69) is 19.2 Å². The molecule has 2 fully saturated rings. The van der Waals surface area contributed by atoms with Crippen LogP contribution < -0.4 is 5.32 Å². The van der Waals surface area contributed by atoms with Gasteiger partial charge in [-0.05, 0) is 24.7 Å². The summed E-state index contributed by atoms with van der Waals surface area (Å²) in [6.45, 7) is 6.17. The predicted octanol–water partition coefficient (Wildman–Crippen LogP) is 0.747. The molecule has 1 N–H and O–H groups in total. The van der Waals surface area contributed by atoms with Crippen molar-refractivity contribution in [3.8, 4) is 0 Å². The van der Waals surface area contributed by atoms with Gasteiger partial charge in [0.05, 0.1) is 0 Å². The second-order valence-electron chi connectivity index (χ2n) is 5.35. The third-order valence-corrected chi connectivity index (χ3v) is 3.63. The highest BCUT2D eigenvalue weighted by Crippen LogP contribution is 2.51. The lowest BCUT2D eigenvalue weighted by molar-refractivity contribution is -0.141. The van der Waals surface area contributed by atoms with Crippen molar-refractivity contribution in [2.75, 3.05) is 6.54 Å². The Bertz CT molecular complexity index is 375. The van der Waals surface area contributed by atoms with Crippen LogP contribution in [0.15, 0.2) is 0 Å². The minimum atomic E-state index is -0.750. The number of hydrogen-bond donors (Lipinski definition) is 1. The Hall–Kier alpha value is -1.39. The zero-order chi connectivity index (χ0) is 12.1. The van der Waals surface area contributed by atoms with E-state index in [9.17, 15) is 14.4 Å². The van der Waals surface area contributed by atoms with Crippen LogP contribution in [0.1, 0.15) is 27.2 Å². The second-order valence-corrected chi connectivity index (χ2v) is 5.35. The van der Waals surface area contributed by atoms with Crippen molar-refractivity contribution in [2.24, 2.45) is 17.3 Å². The molecule has 88 valence electrons. The highest BCUT2D eigenvalue weighted by Gasteiger charge is 2.49. The minimum Gasteiger partial charge on any atom is -0.277 e. The molecule has 16 heavy (non-hydrogen) atoms. The molecular weight excluding hydrogens is 208 g/mol. The van der Waals surface area contributed by atoms with Crippen molar-refractivity contribution in [2.45, 2.75) is 27.2 Å². The molecule has 0 bridgehead atoms.